The molecule has 3 aromatic rings. The first kappa shape index (κ1) is 20.2. The minimum Gasteiger partial charge on any atom is -0.351 e. The molecule has 11 heteroatoms. The Morgan fingerprint density at radius 2 is 2.13 bits per heavy atom. The van der Waals surface area contributed by atoms with E-state index in [4.69, 9.17) is 0 Å². The average molecular weight is 421 g/mol. The molecule has 0 aliphatic carbocycles. The molecule has 4 rings (SSSR count). The van der Waals surface area contributed by atoms with Crippen molar-refractivity contribution in [2.24, 2.45) is 7.05 Å². The van der Waals surface area contributed by atoms with Gasteiger partial charge in [-0.2, -0.15) is 19.7 Å². The van der Waals surface area contributed by atoms with E-state index in [2.05, 4.69) is 36.8 Å². The monoisotopic (exact) mass is 421 g/mol. The van der Waals surface area contributed by atoms with Gasteiger partial charge in [0.2, 0.25) is 11.9 Å². The number of halogens is 1. The molecule has 0 aromatic carbocycles. The molecule has 31 heavy (non-hydrogen) atoms. The summed E-state index contributed by atoms with van der Waals surface area (Å²) in [4.78, 5) is 27.0. The van der Waals surface area contributed by atoms with Crippen LogP contribution in [0, 0.1) is 24.2 Å². The Labute approximate surface area is 177 Å². The molecule has 158 valence electrons. The summed E-state index contributed by atoms with van der Waals surface area (Å²) in [6.07, 6.45) is 5.29. The van der Waals surface area contributed by atoms with Crippen molar-refractivity contribution in [1.29, 1.82) is 5.26 Å². The summed E-state index contributed by atoms with van der Waals surface area (Å²) in [5.74, 6) is -0.136. The van der Waals surface area contributed by atoms with Gasteiger partial charge >= 0.3 is 0 Å². The number of aromatic nitrogens is 5. The number of nitriles is 1. The first-order valence-corrected chi connectivity index (χ1v) is 9.54. The third-order valence-corrected chi connectivity index (χ3v) is 4.94. The zero-order valence-corrected chi connectivity index (χ0v) is 17.0. The third kappa shape index (κ3) is 4.28. The predicted octanol–water partition coefficient (Wildman–Crippen LogP) is 1.70. The topological polar surface area (TPSA) is 125 Å². The standard InChI is InChI=1S/C20H20FN9O/c1-13-8-23-19(25-14-9-24-29(2)10-14)27-17(13)30-11-20(12-30,6-7-22)28-18(31)15-4-3-5-16(21)26-15/h3-5,8-10H,6,11-12H2,1-2H3,(H,28,31)(H,23,25,27). The minimum absolute atomic E-state index is 0.0306. The zero-order chi connectivity index (χ0) is 22.0. The lowest BCUT2D eigenvalue weighted by molar-refractivity contribution is 0.0873. The Balaban J connectivity index is 1.49. The minimum atomic E-state index is -0.770. The lowest BCUT2D eigenvalue weighted by Gasteiger charge is -2.50. The molecule has 1 saturated heterocycles. The van der Waals surface area contributed by atoms with E-state index in [1.54, 1.807) is 23.3 Å². The first-order valence-electron chi connectivity index (χ1n) is 9.54. The molecule has 1 fully saturated rings. The Morgan fingerprint density at radius 3 is 2.81 bits per heavy atom. The van der Waals surface area contributed by atoms with Gasteiger partial charge in [-0.15, -0.1) is 0 Å². The van der Waals surface area contributed by atoms with Crippen LogP contribution in [0.3, 0.4) is 0 Å². The van der Waals surface area contributed by atoms with Gasteiger partial charge in [-0.3, -0.25) is 9.48 Å². The van der Waals surface area contributed by atoms with E-state index in [0.29, 0.717) is 24.9 Å². The molecule has 0 bridgehead atoms. The summed E-state index contributed by atoms with van der Waals surface area (Å²) in [6.45, 7) is 2.65. The molecule has 0 spiro atoms. The van der Waals surface area contributed by atoms with Gasteiger partial charge < -0.3 is 15.5 Å². The van der Waals surface area contributed by atoms with Crippen molar-refractivity contribution in [3.63, 3.8) is 0 Å². The molecule has 1 aliphatic rings. The molecule has 3 aromatic heterocycles. The highest BCUT2D eigenvalue weighted by molar-refractivity contribution is 5.93. The molecule has 1 amide bonds. The van der Waals surface area contributed by atoms with Crippen LogP contribution in [0.2, 0.25) is 0 Å². The molecule has 0 saturated carbocycles. The highest BCUT2D eigenvalue weighted by atomic mass is 19.1. The van der Waals surface area contributed by atoms with E-state index in [1.165, 1.54) is 18.2 Å². The van der Waals surface area contributed by atoms with Crippen LogP contribution in [-0.2, 0) is 7.05 Å². The maximum atomic E-state index is 13.4. The Kier molecular flexibility index (Phi) is 5.21. The number of nitrogens with one attached hydrogen (secondary N) is 2. The number of pyridine rings is 1. The fourth-order valence-electron chi connectivity index (χ4n) is 3.49. The number of carbonyl (C=O) groups excluding carboxylic acids is 1. The molecule has 1 aliphatic heterocycles. The normalized spacial score (nSPS) is 14.5. The Morgan fingerprint density at radius 1 is 1.32 bits per heavy atom. The number of aryl methyl sites for hydroxylation is 2. The summed E-state index contributed by atoms with van der Waals surface area (Å²) in [5.41, 5.74) is 0.820. The van der Waals surface area contributed by atoms with E-state index in [-0.39, 0.29) is 12.1 Å². The summed E-state index contributed by atoms with van der Waals surface area (Å²) in [5, 5.41) is 19.3. The number of hydrogen-bond donors (Lipinski definition) is 2. The van der Waals surface area contributed by atoms with Gasteiger partial charge in [-0.25, -0.2) is 9.97 Å². The highest BCUT2D eigenvalue weighted by Crippen LogP contribution is 2.31. The third-order valence-electron chi connectivity index (χ3n) is 4.94. The van der Waals surface area contributed by atoms with Gasteiger partial charge in [-0.1, -0.05) is 6.07 Å². The zero-order valence-electron chi connectivity index (χ0n) is 17.0. The lowest BCUT2D eigenvalue weighted by Crippen LogP contribution is -2.70. The van der Waals surface area contributed by atoms with Crippen molar-refractivity contribution in [2.75, 3.05) is 23.3 Å². The van der Waals surface area contributed by atoms with Crippen molar-refractivity contribution in [1.82, 2.24) is 30.0 Å². The van der Waals surface area contributed by atoms with E-state index in [9.17, 15) is 14.4 Å². The number of amides is 1. The number of nitrogens with zero attached hydrogens (tertiary/aromatic N) is 7. The average Bonchev–Trinajstić information content (AvgIpc) is 3.12. The largest absolute Gasteiger partial charge is 0.351 e. The molecule has 0 unspecified atom stereocenters. The summed E-state index contributed by atoms with van der Waals surface area (Å²) < 4.78 is 15.0. The van der Waals surface area contributed by atoms with Crippen molar-refractivity contribution in [3.05, 3.63) is 54.0 Å². The molecule has 4 heterocycles. The maximum Gasteiger partial charge on any atom is 0.270 e. The molecular weight excluding hydrogens is 401 g/mol. The fraction of sp³-hybridized carbons (Fsp3) is 0.300. The van der Waals surface area contributed by atoms with Crippen molar-refractivity contribution in [3.8, 4) is 6.07 Å². The van der Waals surface area contributed by atoms with Crippen LogP contribution < -0.4 is 15.5 Å². The van der Waals surface area contributed by atoms with E-state index >= 15 is 0 Å². The van der Waals surface area contributed by atoms with Crippen LogP contribution in [-0.4, -0.2) is 49.3 Å². The van der Waals surface area contributed by atoms with E-state index < -0.39 is 17.4 Å². The van der Waals surface area contributed by atoms with E-state index in [1.807, 2.05) is 18.9 Å². The summed E-state index contributed by atoms with van der Waals surface area (Å²) >= 11 is 0. The smallest absolute Gasteiger partial charge is 0.270 e. The summed E-state index contributed by atoms with van der Waals surface area (Å²) in [6, 6.07) is 6.14. The van der Waals surface area contributed by atoms with Gasteiger partial charge in [0.05, 0.1) is 29.9 Å². The van der Waals surface area contributed by atoms with Gasteiger partial charge in [-0.05, 0) is 19.1 Å². The first-order chi connectivity index (χ1) is 14.9. The fourth-order valence-corrected chi connectivity index (χ4v) is 3.49. The number of anilines is 3. The Hall–Kier alpha value is -4.07. The van der Waals surface area contributed by atoms with Crippen LogP contribution in [0.1, 0.15) is 22.5 Å². The van der Waals surface area contributed by atoms with Crippen LogP contribution in [0.15, 0.2) is 36.8 Å². The van der Waals surface area contributed by atoms with E-state index in [0.717, 1.165) is 11.3 Å². The number of carbonyl (C=O) groups is 1. The Bertz CT molecular complexity index is 1160. The molecular formula is C20H20FN9O. The second-order valence-corrected chi connectivity index (χ2v) is 7.50. The van der Waals surface area contributed by atoms with Crippen molar-refractivity contribution >= 4 is 23.4 Å². The molecule has 0 radical (unpaired) electrons. The van der Waals surface area contributed by atoms with Crippen LogP contribution in [0.4, 0.5) is 21.8 Å². The second kappa shape index (κ2) is 7.98. The summed E-state index contributed by atoms with van der Waals surface area (Å²) in [7, 11) is 1.81. The lowest BCUT2D eigenvalue weighted by atomic mass is 9.86. The predicted molar refractivity (Wildman–Crippen MR) is 110 cm³/mol. The molecule has 2 N–H and O–H groups in total. The highest BCUT2D eigenvalue weighted by Gasteiger charge is 2.45. The van der Waals surface area contributed by atoms with Gasteiger partial charge in [0, 0.05) is 38.1 Å². The van der Waals surface area contributed by atoms with Crippen LogP contribution in [0.5, 0.6) is 0 Å². The van der Waals surface area contributed by atoms with Crippen LogP contribution in [0.25, 0.3) is 0 Å². The van der Waals surface area contributed by atoms with Gasteiger partial charge in [0.25, 0.3) is 5.91 Å². The molecule has 10 nitrogen and oxygen atoms in total. The SMILES string of the molecule is Cc1cnc(Nc2cnn(C)c2)nc1N1CC(CC#N)(NC(=O)c2cccc(F)n2)C1. The maximum absolute atomic E-state index is 13.4. The quantitative estimate of drug-likeness (QED) is 0.576. The number of rotatable bonds is 6. The van der Waals surface area contributed by atoms with Crippen molar-refractivity contribution in [2.45, 2.75) is 18.9 Å². The van der Waals surface area contributed by atoms with Crippen molar-refractivity contribution < 1.29 is 9.18 Å². The van der Waals surface area contributed by atoms with Crippen LogP contribution >= 0.6 is 0 Å². The molecule has 0 atom stereocenters. The van der Waals surface area contributed by atoms with Gasteiger partial charge in [0.1, 0.15) is 11.5 Å². The van der Waals surface area contributed by atoms with Gasteiger partial charge in [0.15, 0.2) is 0 Å². The second-order valence-electron chi connectivity index (χ2n) is 7.50. The number of hydrogen-bond acceptors (Lipinski definition) is 8.